The van der Waals surface area contributed by atoms with Gasteiger partial charge in [-0.1, -0.05) is 47.5 Å². The maximum atomic E-state index is 12.4. The summed E-state index contributed by atoms with van der Waals surface area (Å²) in [7, 11) is 0. The Morgan fingerprint density at radius 2 is 1.59 bits per heavy atom. The molecule has 32 heavy (non-hydrogen) atoms. The number of benzene rings is 3. The second kappa shape index (κ2) is 9.02. The lowest BCUT2D eigenvalue weighted by Gasteiger charge is -2.20. The van der Waals surface area contributed by atoms with Gasteiger partial charge in [-0.15, -0.1) is 13.2 Å². The smallest absolute Gasteiger partial charge is 0.425 e. The van der Waals surface area contributed by atoms with Gasteiger partial charge >= 0.3 is 12.3 Å². The molecule has 1 aliphatic heterocycles. The molecule has 0 fully saturated rings. The molecule has 4 nitrogen and oxygen atoms in total. The van der Waals surface area contributed by atoms with Crippen LogP contribution in [0.5, 0.6) is 11.5 Å². The fourth-order valence-corrected chi connectivity index (χ4v) is 4.00. The summed E-state index contributed by atoms with van der Waals surface area (Å²) >= 11 is 12.6. The summed E-state index contributed by atoms with van der Waals surface area (Å²) in [5.41, 5.74) is 2.92. The molecular weight excluding hydrogens is 466 g/mol. The van der Waals surface area contributed by atoms with Crippen molar-refractivity contribution >= 4 is 29.2 Å². The van der Waals surface area contributed by atoms with E-state index in [2.05, 4.69) is 4.74 Å². The van der Waals surface area contributed by atoms with Crippen molar-refractivity contribution in [2.45, 2.75) is 19.5 Å². The molecule has 0 unspecified atom stereocenters. The van der Waals surface area contributed by atoms with Gasteiger partial charge in [0.25, 0.3) is 0 Å². The van der Waals surface area contributed by atoms with E-state index in [0.717, 1.165) is 11.1 Å². The van der Waals surface area contributed by atoms with E-state index in [9.17, 15) is 18.0 Å². The number of hydrogen-bond acceptors (Lipinski definition) is 4. The number of nitrogens with zero attached hydrogens (tertiary/aromatic N) is 1. The van der Waals surface area contributed by atoms with Crippen LogP contribution in [0.3, 0.4) is 0 Å². The Kier molecular flexibility index (Phi) is 6.33. The van der Waals surface area contributed by atoms with E-state index in [1.165, 1.54) is 24.3 Å². The summed E-state index contributed by atoms with van der Waals surface area (Å²) in [4.78, 5) is 14.2. The largest absolute Gasteiger partial charge is 0.573 e. The number of halogens is 5. The van der Waals surface area contributed by atoms with Crippen LogP contribution in [0.15, 0.2) is 60.7 Å². The molecule has 0 saturated carbocycles. The van der Waals surface area contributed by atoms with Crippen molar-refractivity contribution in [3.63, 3.8) is 0 Å². The zero-order valence-corrected chi connectivity index (χ0v) is 18.0. The monoisotopic (exact) mass is 481 g/mol. The molecule has 1 aliphatic rings. The molecule has 0 amide bonds. The highest BCUT2D eigenvalue weighted by molar-refractivity contribution is 6.35. The van der Waals surface area contributed by atoms with E-state index in [0.29, 0.717) is 40.0 Å². The first kappa shape index (κ1) is 22.5. The Bertz CT molecular complexity index is 1130. The zero-order valence-electron chi connectivity index (χ0n) is 16.5. The van der Waals surface area contributed by atoms with Crippen molar-refractivity contribution < 1.29 is 27.4 Å². The number of alkyl halides is 3. The zero-order chi connectivity index (χ0) is 22.9. The third-order valence-corrected chi connectivity index (χ3v) is 5.60. The highest BCUT2D eigenvalue weighted by Gasteiger charge is 2.31. The molecule has 9 heteroatoms. The summed E-state index contributed by atoms with van der Waals surface area (Å²) in [6.45, 7) is 0.793. The molecule has 0 bridgehead atoms. The minimum Gasteiger partial charge on any atom is -0.425 e. The van der Waals surface area contributed by atoms with E-state index in [4.69, 9.17) is 27.9 Å². The minimum absolute atomic E-state index is 0.0506. The van der Waals surface area contributed by atoms with Gasteiger partial charge in [0.1, 0.15) is 11.5 Å². The summed E-state index contributed by atoms with van der Waals surface area (Å²) < 4.78 is 46.5. The predicted octanol–water partition coefficient (Wildman–Crippen LogP) is 6.48. The van der Waals surface area contributed by atoms with Gasteiger partial charge < -0.3 is 9.47 Å². The van der Waals surface area contributed by atoms with Crippen molar-refractivity contribution in [2.24, 2.45) is 0 Å². The summed E-state index contributed by atoms with van der Waals surface area (Å²) in [6.07, 6.45) is -4.75. The number of carbonyl (C=O) groups excluding carboxylic acids is 1. The van der Waals surface area contributed by atoms with E-state index in [1.54, 1.807) is 30.3 Å². The van der Waals surface area contributed by atoms with Gasteiger partial charge in [-0.2, -0.15) is 0 Å². The number of carbonyl (C=O) groups is 1. The molecule has 0 saturated heterocycles. The van der Waals surface area contributed by atoms with Crippen LogP contribution in [-0.2, 0) is 17.9 Å². The Morgan fingerprint density at radius 3 is 2.25 bits per heavy atom. The lowest BCUT2D eigenvalue weighted by molar-refractivity contribution is -0.274. The molecule has 0 spiro atoms. The lowest BCUT2D eigenvalue weighted by Crippen LogP contribution is -2.29. The molecule has 3 aromatic carbocycles. The molecule has 0 radical (unpaired) electrons. The van der Waals surface area contributed by atoms with E-state index < -0.39 is 12.3 Å². The van der Waals surface area contributed by atoms with Crippen LogP contribution < -0.4 is 9.47 Å². The maximum Gasteiger partial charge on any atom is 0.573 e. The van der Waals surface area contributed by atoms with Gasteiger partial charge in [-0.25, -0.2) is 0 Å². The van der Waals surface area contributed by atoms with E-state index in [-0.39, 0.29) is 12.3 Å². The van der Waals surface area contributed by atoms with Crippen molar-refractivity contribution in [3.05, 3.63) is 81.8 Å². The molecule has 4 rings (SSSR count). The van der Waals surface area contributed by atoms with Gasteiger partial charge in [-0.05, 0) is 47.5 Å². The molecule has 0 aromatic heterocycles. The van der Waals surface area contributed by atoms with Crippen LogP contribution in [0.4, 0.5) is 13.2 Å². The summed E-state index contributed by atoms with van der Waals surface area (Å²) in [6, 6.07) is 16.0. The maximum absolute atomic E-state index is 12.4. The predicted molar refractivity (Wildman–Crippen MR) is 115 cm³/mol. The van der Waals surface area contributed by atoms with Crippen LogP contribution in [0, 0.1) is 0 Å². The second-order valence-corrected chi connectivity index (χ2v) is 8.03. The molecule has 0 atom stereocenters. The third kappa shape index (κ3) is 5.35. The van der Waals surface area contributed by atoms with Crippen molar-refractivity contribution in [2.75, 3.05) is 6.54 Å². The van der Waals surface area contributed by atoms with Crippen molar-refractivity contribution in [1.82, 2.24) is 4.90 Å². The Morgan fingerprint density at radius 1 is 0.938 bits per heavy atom. The first-order valence-electron chi connectivity index (χ1n) is 9.53. The van der Waals surface area contributed by atoms with Crippen LogP contribution >= 0.6 is 23.2 Å². The number of fused-ring (bicyclic) bond motifs is 1. The van der Waals surface area contributed by atoms with Gasteiger partial charge in [0.15, 0.2) is 0 Å². The first-order chi connectivity index (χ1) is 15.2. The third-order valence-electron chi connectivity index (χ3n) is 4.90. The molecule has 3 aromatic rings. The number of ether oxygens (including phenoxy) is 2. The molecule has 0 aliphatic carbocycles. The molecule has 166 valence electrons. The quantitative estimate of drug-likeness (QED) is 0.315. The van der Waals surface area contributed by atoms with Crippen LogP contribution in [0.2, 0.25) is 10.0 Å². The van der Waals surface area contributed by atoms with Crippen LogP contribution in [0.1, 0.15) is 11.1 Å². The fraction of sp³-hybridized carbons (Fsp3) is 0.174. The van der Waals surface area contributed by atoms with Gasteiger partial charge in [0.05, 0.1) is 6.54 Å². The minimum atomic E-state index is -4.75. The average molecular weight is 482 g/mol. The molecule has 1 heterocycles. The van der Waals surface area contributed by atoms with Gasteiger partial charge in [-0.3, -0.25) is 9.69 Å². The standard InChI is InChI=1S/C23H16Cl2F3NO3/c24-19-2-1-3-20(25)18(19)12-29-11-16-10-15(6-9-21(16)31-22(30)13-29)14-4-7-17(8-5-14)32-23(26,27)28/h1-10H,11-13H2. The van der Waals surface area contributed by atoms with E-state index in [1.807, 2.05) is 11.0 Å². The highest BCUT2D eigenvalue weighted by Crippen LogP contribution is 2.33. The van der Waals surface area contributed by atoms with Gasteiger partial charge in [0.2, 0.25) is 0 Å². The summed E-state index contributed by atoms with van der Waals surface area (Å²) in [5, 5.41) is 1.01. The van der Waals surface area contributed by atoms with Crippen LogP contribution in [-0.4, -0.2) is 23.8 Å². The molecule has 0 N–H and O–H groups in total. The van der Waals surface area contributed by atoms with Crippen molar-refractivity contribution in [3.8, 4) is 22.6 Å². The topological polar surface area (TPSA) is 38.8 Å². The SMILES string of the molecule is O=C1CN(Cc2c(Cl)cccc2Cl)Cc2cc(-c3ccc(OC(F)(F)F)cc3)ccc2O1. The lowest BCUT2D eigenvalue weighted by atomic mass is 10.0. The number of rotatable bonds is 4. The van der Waals surface area contributed by atoms with Gasteiger partial charge in [0, 0.05) is 34.3 Å². The summed E-state index contributed by atoms with van der Waals surface area (Å²) in [5.74, 6) is -0.274. The van der Waals surface area contributed by atoms with E-state index >= 15 is 0 Å². The normalized spacial score (nSPS) is 14.5. The average Bonchev–Trinajstić information content (AvgIpc) is 2.87. The number of esters is 1. The Balaban J connectivity index is 1.59. The Hall–Kier alpha value is -2.74. The second-order valence-electron chi connectivity index (χ2n) is 7.21. The fourth-order valence-electron chi connectivity index (χ4n) is 3.48. The Labute approximate surface area is 192 Å². The number of hydrogen-bond donors (Lipinski definition) is 0. The molecular formula is C23H16Cl2F3NO3. The van der Waals surface area contributed by atoms with Crippen molar-refractivity contribution in [1.29, 1.82) is 0 Å². The van der Waals surface area contributed by atoms with Crippen LogP contribution in [0.25, 0.3) is 11.1 Å². The first-order valence-corrected chi connectivity index (χ1v) is 10.3. The highest BCUT2D eigenvalue weighted by atomic mass is 35.5.